The predicted molar refractivity (Wildman–Crippen MR) is 156 cm³/mol. The van der Waals surface area contributed by atoms with Gasteiger partial charge in [0.2, 0.25) is 0 Å². The second-order valence-corrected chi connectivity index (χ2v) is 10.5. The SMILES string of the molecule is CCCCCOc1ccc(C2c3c(-c4cc(Cl)ccc4O)n[nH]c3C(=O)N2Cc2ccc(C)cc2)cc1OCC. The van der Waals surface area contributed by atoms with E-state index in [9.17, 15) is 9.90 Å². The Morgan fingerprint density at radius 1 is 1.00 bits per heavy atom. The Bertz CT molecular complexity index is 1500. The molecule has 4 aromatic rings. The lowest BCUT2D eigenvalue weighted by atomic mass is 9.95. The van der Waals surface area contributed by atoms with Crippen LogP contribution in [0.3, 0.4) is 0 Å². The van der Waals surface area contributed by atoms with Gasteiger partial charge in [0.15, 0.2) is 11.5 Å². The summed E-state index contributed by atoms with van der Waals surface area (Å²) in [6, 6.07) is 18.3. The Balaban J connectivity index is 1.60. The summed E-state index contributed by atoms with van der Waals surface area (Å²) in [7, 11) is 0. The molecule has 0 saturated heterocycles. The van der Waals surface area contributed by atoms with Crippen molar-refractivity contribution in [2.24, 2.45) is 0 Å². The van der Waals surface area contributed by atoms with E-state index < -0.39 is 6.04 Å². The van der Waals surface area contributed by atoms with E-state index in [2.05, 4.69) is 17.1 Å². The number of nitrogens with one attached hydrogen (secondary N) is 1. The summed E-state index contributed by atoms with van der Waals surface area (Å²) >= 11 is 6.29. The number of aryl methyl sites for hydroxylation is 1. The Morgan fingerprint density at radius 3 is 2.55 bits per heavy atom. The van der Waals surface area contributed by atoms with Crippen LogP contribution in [0.15, 0.2) is 60.7 Å². The number of benzene rings is 3. The monoisotopic (exact) mass is 559 g/mol. The van der Waals surface area contributed by atoms with Crippen LogP contribution in [0.25, 0.3) is 11.3 Å². The maximum atomic E-state index is 13.8. The molecule has 40 heavy (non-hydrogen) atoms. The second kappa shape index (κ2) is 12.0. The van der Waals surface area contributed by atoms with E-state index in [0.29, 0.717) is 58.8 Å². The van der Waals surface area contributed by atoms with E-state index in [1.54, 1.807) is 12.1 Å². The molecule has 1 amide bonds. The molecule has 0 bridgehead atoms. The standard InChI is InChI=1S/C32H34ClN3O4/c1-4-6-7-16-40-26-15-12-22(17-27(26)39-5-2)31-28-29(24-18-23(33)13-14-25(24)37)34-35-30(28)32(38)36(31)19-21-10-8-20(3)9-11-21/h8-15,17-18,31,37H,4-7,16,19H2,1-3H3,(H,34,35). The number of phenolic OH excluding ortho intramolecular Hbond substituents is 1. The number of hydrogen-bond donors (Lipinski definition) is 2. The molecule has 2 heterocycles. The average molecular weight is 560 g/mol. The molecule has 2 N–H and O–H groups in total. The van der Waals surface area contributed by atoms with Crippen molar-refractivity contribution in [3.8, 4) is 28.5 Å². The first-order valence-corrected chi connectivity index (χ1v) is 14.1. The summed E-state index contributed by atoms with van der Waals surface area (Å²) in [6.07, 6.45) is 3.18. The maximum absolute atomic E-state index is 13.8. The number of nitrogens with zero attached hydrogens (tertiary/aromatic N) is 2. The van der Waals surface area contributed by atoms with Gasteiger partial charge in [-0.3, -0.25) is 9.89 Å². The molecule has 5 rings (SSSR count). The van der Waals surface area contributed by atoms with Crippen LogP contribution in [0.4, 0.5) is 0 Å². The number of H-pyrrole nitrogens is 1. The van der Waals surface area contributed by atoms with Gasteiger partial charge in [0.25, 0.3) is 5.91 Å². The molecule has 1 atom stereocenters. The normalized spacial score (nSPS) is 14.4. The van der Waals surface area contributed by atoms with Crippen molar-refractivity contribution < 1.29 is 19.4 Å². The van der Waals surface area contributed by atoms with Gasteiger partial charge in [0.1, 0.15) is 17.1 Å². The van der Waals surface area contributed by atoms with Crippen LogP contribution in [-0.2, 0) is 6.54 Å². The molecular weight excluding hydrogens is 526 g/mol. The number of hydrogen-bond acceptors (Lipinski definition) is 5. The number of aromatic hydroxyl groups is 1. The minimum atomic E-state index is -0.482. The highest BCUT2D eigenvalue weighted by Gasteiger charge is 2.43. The molecule has 1 aliphatic heterocycles. The van der Waals surface area contributed by atoms with Gasteiger partial charge in [-0.2, -0.15) is 5.10 Å². The first-order valence-electron chi connectivity index (χ1n) is 13.7. The lowest BCUT2D eigenvalue weighted by Gasteiger charge is -2.27. The Morgan fingerprint density at radius 2 is 1.80 bits per heavy atom. The first kappa shape index (κ1) is 27.6. The number of ether oxygens (including phenoxy) is 2. The number of aromatic nitrogens is 2. The molecule has 7 nitrogen and oxygen atoms in total. The van der Waals surface area contributed by atoms with Crippen LogP contribution >= 0.6 is 11.6 Å². The molecule has 1 aliphatic rings. The number of carbonyl (C=O) groups is 1. The van der Waals surface area contributed by atoms with E-state index >= 15 is 0 Å². The number of phenols is 1. The number of aromatic amines is 1. The molecule has 0 radical (unpaired) electrons. The molecule has 208 valence electrons. The van der Waals surface area contributed by atoms with Crippen LogP contribution in [0.5, 0.6) is 17.2 Å². The van der Waals surface area contributed by atoms with E-state index in [1.165, 1.54) is 6.07 Å². The largest absolute Gasteiger partial charge is 0.507 e. The van der Waals surface area contributed by atoms with E-state index in [4.69, 9.17) is 21.1 Å². The quantitative estimate of drug-likeness (QED) is 0.186. The summed E-state index contributed by atoms with van der Waals surface area (Å²) in [5.41, 5.74) is 5.04. The Kier molecular flexibility index (Phi) is 8.31. The molecule has 3 aromatic carbocycles. The third-order valence-corrected chi connectivity index (χ3v) is 7.37. The van der Waals surface area contributed by atoms with Crippen LogP contribution in [-0.4, -0.2) is 39.3 Å². The molecule has 0 fully saturated rings. The van der Waals surface area contributed by atoms with E-state index in [1.807, 2.05) is 61.2 Å². The predicted octanol–water partition coefficient (Wildman–Crippen LogP) is 7.46. The summed E-state index contributed by atoms with van der Waals surface area (Å²) in [5.74, 6) is 1.17. The van der Waals surface area contributed by atoms with Crippen LogP contribution in [0.2, 0.25) is 5.02 Å². The number of rotatable bonds is 11. The number of amides is 1. The van der Waals surface area contributed by atoms with Gasteiger partial charge in [-0.15, -0.1) is 0 Å². The third-order valence-electron chi connectivity index (χ3n) is 7.14. The molecule has 0 aliphatic carbocycles. The van der Waals surface area contributed by atoms with Gasteiger partial charge in [-0.05, 0) is 61.7 Å². The molecule has 8 heteroatoms. The number of unbranched alkanes of at least 4 members (excludes halogenated alkanes) is 2. The molecular formula is C32H34ClN3O4. The van der Waals surface area contributed by atoms with Gasteiger partial charge in [-0.1, -0.05) is 67.3 Å². The van der Waals surface area contributed by atoms with Crippen LogP contribution in [0.1, 0.15) is 71.9 Å². The van der Waals surface area contributed by atoms with Crippen molar-refractivity contribution in [3.05, 3.63) is 93.6 Å². The molecule has 1 aromatic heterocycles. The Hall–Kier alpha value is -3.97. The van der Waals surface area contributed by atoms with Crippen molar-refractivity contribution in [2.45, 2.75) is 52.6 Å². The number of carbonyl (C=O) groups excluding carboxylic acids is 1. The smallest absolute Gasteiger partial charge is 0.273 e. The fourth-order valence-electron chi connectivity index (χ4n) is 5.12. The number of halogens is 1. The average Bonchev–Trinajstić information content (AvgIpc) is 3.49. The molecule has 0 saturated carbocycles. The summed E-state index contributed by atoms with van der Waals surface area (Å²) in [5, 5.41) is 18.6. The summed E-state index contributed by atoms with van der Waals surface area (Å²) in [6.45, 7) is 7.61. The van der Waals surface area contributed by atoms with Crippen molar-refractivity contribution >= 4 is 17.5 Å². The maximum Gasteiger partial charge on any atom is 0.273 e. The topological polar surface area (TPSA) is 87.7 Å². The highest BCUT2D eigenvalue weighted by molar-refractivity contribution is 6.31. The van der Waals surface area contributed by atoms with Crippen LogP contribution in [0, 0.1) is 6.92 Å². The van der Waals surface area contributed by atoms with Crippen molar-refractivity contribution in [1.29, 1.82) is 0 Å². The van der Waals surface area contributed by atoms with E-state index in [-0.39, 0.29) is 11.7 Å². The van der Waals surface area contributed by atoms with Gasteiger partial charge in [-0.25, -0.2) is 0 Å². The fraction of sp³-hybridized carbons (Fsp3) is 0.312. The lowest BCUT2D eigenvalue weighted by Crippen LogP contribution is -2.29. The van der Waals surface area contributed by atoms with Gasteiger partial charge < -0.3 is 19.5 Å². The molecule has 1 unspecified atom stereocenters. The highest BCUT2D eigenvalue weighted by Crippen LogP contribution is 2.47. The molecule has 0 spiro atoms. The van der Waals surface area contributed by atoms with Crippen LogP contribution < -0.4 is 9.47 Å². The van der Waals surface area contributed by atoms with Gasteiger partial charge in [0.05, 0.1) is 19.3 Å². The van der Waals surface area contributed by atoms with E-state index in [0.717, 1.165) is 36.0 Å². The zero-order chi connectivity index (χ0) is 28.2. The Labute approximate surface area is 239 Å². The third kappa shape index (κ3) is 5.52. The van der Waals surface area contributed by atoms with Gasteiger partial charge >= 0.3 is 0 Å². The second-order valence-electron chi connectivity index (χ2n) is 10.0. The first-order chi connectivity index (χ1) is 19.4. The lowest BCUT2D eigenvalue weighted by molar-refractivity contribution is 0.0729. The summed E-state index contributed by atoms with van der Waals surface area (Å²) < 4.78 is 12.1. The van der Waals surface area contributed by atoms with Crippen molar-refractivity contribution in [1.82, 2.24) is 15.1 Å². The fourth-order valence-corrected chi connectivity index (χ4v) is 5.29. The van der Waals surface area contributed by atoms with Crippen molar-refractivity contribution in [3.63, 3.8) is 0 Å². The summed E-state index contributed by atoms with van der Waals surface area (Å²) in [4.78, 5) is 15.7. The minimum absolute atomic E-state index is 0.0349. The van der Waals surface area contributed by atoms with Crippen molar-refractivity contribution in [2.75, 3.05) is 13.2 Å². The highest BCUT2D eigenvalue weighted by atomic mass is 35.5. The minimum Gasteiger partial charge on any atom is -0.507 e. The zero-order valence-electron chi connectivity index (χ0n) is 23.0. The number of fused-ring (bicyclic) bond motifs is 1. The van der Waals surface area contributed by atoms with Gasteiger partial charge in [0, 0.05) is 22.7 Å². The zero-order valence-corrected chi connectivity index (χ0v) is 23.8.